The zero-order valence-corrected chi connectivity index (χ0v) is 13.1. The van der Waals surface area contributed by atoms with Crippen LogP contribution in [-0.2, 0) is 16.8 Å². The summed E-state index contributed by atoms with van der Waals surface area (Å²) < 4.78 is 28.1. The summed E-state index contributed by atoms with van der Waals surface area (Å²) in [5.74, 6) is 0. The second-order valence-electron chi connectivity index (χ2n) is 4.72. The lowest BCUT2D eigenvalue weighted by Crippen LogP contribution is -2.44. The summed E-state index contributed by atoms with van der Waals surface area (Å²) >= 11 is 0. The monoisotopic (exact) mass is 319 g/mol. The minimum absolute atomic E-state index is 0. The molecule has 5 nitrogen and oxygen atoms in total. The first-order chi connectivity index (χ1) is 9.14. The number of hydrogen-bond acceptors (Lipinski definition) is 3. The van der Waals surface area contributed by atoms with Gasteiger partial charge in [0, 0.05) is 32.7 Å². The molecule has 1 aromatic carbocycles. The Morgan fingerprint density at radius 2 is 1.75 bits per heavy atom. The summed E-state index contributed by atoms with van der Waals surface area (Å²) in [6.45, 7) is 2.32. The van der Waals surface area contributed by atoms with Crippen molar-refractivity contribution < 1.29 is 8.42 Å². The lowest BCUT2D eigenvalue weighted by atomic mass is 10.2. The molecule has 0 radical (unpaired) electrons. The number of rotatable bonds is 6. The molecule has 0 amide bonds. The summed E-state index contributed by atoms with van der Waals surface area (Å²) in [7, 11) is -3.37. The SMILES string of the molecule is Cl.NCCN(Cc1ccccc1)S(=O)(=O)N1CCCC1. The predicted octanol–water partition coefficient (Wildman–Crippen LogP) is 1.21. The van der Waals surface area contributed by atoms with Gasteiger partial charge in [-0.05, 0) is 18.4 Å². The molecule has 1 aliphatic rings. The zero-order valence-electron chi connectivity index (χ0n) is 11.4. The summed E-state index contributed by atoms with van der Waals surface area (Å²) in [4.78, 5) is 0. The van der Waals surface area contributed by atoms with Crippen molar-refractivity contribution in [2.75, 3.05) is 26.2 Å². The van der Waals surface area contributed by atoms with Gasteiger partial charge in [-0.2, -0.15) is 17.0 Å². The molecule has 0 spiro atoms. The van der Waals surface area contributed by atoms with Crippen LogP contribution >= 0.6 is 12.4 Å². The van der Waals surface area contributed by atoms with E-state index in [1.165, 1.54) is 4.31 Å². The second kappa shape index (κ2) is 7.95. The highest BCUT2D eigenvalue weighted by Gasteiger charge is 2.31. The maximum Gasteiger partial charge on any atom is 0.282 e. The first-order valence-electron chi connectivity index (χ1n) is 6.64. The molecule has 20 heavy (non-hydrogen) atoms. The molecule has 1 heterocycles. The first kappa shape index (κ1) is 17.4. The Bertz CT molecular complexity index is 490. The average Bonchev–Trinajstić information content (AvgIpc) is 2.94. The van der Waals surface area contributed by atoms with Crippen molar-refractivity contribution in [3.8, 4) is 0 Å². The molecule has 0 saturated carbocycles. The number of nitrogens with two attached hydrogens (primary N) is 1. The van der Waals surface area contributed by atoms with Gasteiger partial charge in [0.2, 0.25) is 0 Å². The molecule has 7 heteroatoms. The number of hydrogen-bond donors (Lipinski definition) is 1. The molecule has 0 aromatic heterocycles. The molecule has 1 aliphatic heterocycles. The topological polar surface area (TPSA) is 66.6 Å². The fourth-order valence-corrected chi connectivity index (χ4v) is 3.98. The Kier molecular flexibility index (Phi) is 6.91. The predicted molar refractivity (Wildman–Crippen MR) is 82.9 cm³/mol. The van der Waals surface area contributed by atoms with Crippen LogP contribution in [0.4, 0.5) is 0 Å². The van der Waals surface area contributed by atoms with Crippen LogP contribution in [0.1, 0.15) is 18.4 Å². The van der Waals surface area contributed by atoms with Crippen LogP contribution in [0.25, 0.3) is 0 Å². The normalized spacial score (nSPS) is 16.3. The third kappa shape index (κ3) is 4.17. The average molecular weight is 320 g/mol. The van der Waals surface area contributed by atoms with Crippen molar-refractivity contribution in [1.29, 1.82) is 0 Å². The van der Waals surface area contributed by atoms with Gasteiger partial charge in [0.15, 0.2) is 0 Å². The van der Waals surface area contributed by atoms with Gasteiger partial charge in [0.25, 0.3) is 10.2 Å². The molecule has 0 bridgehead atoms. The number of nitrogens with zero attached hydrogens (tertiary/aromatic N) is 2. The van der Waals surface area contributed by atoms with Gasteiger partial charge in [-0.25, -0.2) is 0 Å². The van der Waals surface area contributed by atoms with Crippen LogP contribution in [-0.4, -0.2) is 43.2 Å². The lowest BCUT2D eigenvalue weighted by molar-refractivity contribution is 0.360. The number of halogens is 1. The Morgan fingerprint density at radius 1 is 1.15 bits per heavy atom. The first-order valence-corrected chi connectivity index (χ1v) is 8.03. The molecule has 2 rings (SSSR count). The van der Waals surface area contributed by atoms with Gasteiger partial charge >= 0.3 is 0 Å². The molecular formula is C13H22ClN3O2S. The third-order valence-electron chi connectivity index (χ3n) is 3.30. The van der Waals surface area contributed by atoms with E-state index in [4.69, 9.17) is 5.73 Å². The summed E-state index contributed by atoms with van der Waals surface area (Å²) in [5.41, 5.74) is 6.54. The van der Waals surface area contributed by atoms with Crippen LogP contribution in [0.3, 0.4) is 0 Å². The summed E-state index contributed by atoms with van der Waals surface area (Å²) in [6, 6.07) is 9.62. The van der Waals surface area contributed by atoms with E-state index in [1.54, 1.807) is 4.31 Å². The van der Waals surface area contributed by atoms with Crippen molar-refractivity contribution in [3.05, 3.63) is 35.9 Å². The van der Waals surface area contributed by atoms with Gasteiger partial charge in [-0.15, -0.1) is 12.4 Å². The van der Waals surface area contributed by atoms with Gasteiger partial charge in [-0.1, -0.05) is 30.3 Å². The van der Waals surface area contributed by atoms with E-state index in [1.807, 2.05) is 30.3 Å². The molecule has 0 atom stereocenters. The smallest absolute Gasteiger partial charge is 0.282 e. The lowest BCUT2D eigenvalue weighted by Gasteiger charge is -2.26. The van der Waals surface area contributed by atoms with Gasteiger partial charge in [0.1, 0.15) is 0 Å². The fraction of sp³-hybridized carbons (Fsp3) is 0.538. The maximum atomic E-state index is 12.5. The van der Waals surface area contributed by atoms with Gasteiger partial charge < -0.3 is 5.73 Å². The van der Waals surface area contributed by atoms with Crippen LogP contribution in [0.15, 0.2) is 30.3 Å². The Hall–Kier alpha value is -0.660. The molecule has 1 aromatic rings. The van der Waals surface area contributed by atoms with Crippen molar-refractivity contribution in [1.82, 2.24) is 8.61 Å². The van der Waals surface area contributed by atoms with E-state index >= 15 is 0 Å². The van der Waals surface area contributed by atoms with E-state index in [-0.39, 0.29) is 12.4 Å². The van der Waals surface area contributed by atoms with E-state index in [2.05, 4.69) is 0 Å². The van der Waals surface area contributed by atoms with Crippen molar-refractivity contribution in [2.45, 2.75) is 19.4 Å². The van der Waals surface area contributed by atoms with Crippen LogP contribution < -0.4 is 5.73 Å². The molecular weight excluding hydrogens is 298 g/mol. The van der Waals surface area contributed by atoms with E-state index in [0.29, 0.717) is 32.7 Å². The van der Waals surface area contributed by atoms with Gasteiger partial charge in [-0.3, -0.25) is 0 Å². The van der Waals surface area contributed by atoms with E-state index < -0.39 is 10.2 Å². The Morgan fingerprint density at radius 3 is 2.30 bits per heavy atom. The van der Waals surface area contributed by atoms with Crippen molar-refractivity contribution >= 4 is 22.6 Å². The summed E-state index contributed by atoms with van der Waals surface area (Å²) in [6.07, 6.45) is 1.89. The van der Waals surface area contributed by atoms with E-state index in [0.717, 1.165) is 18.4 Å². The highest BCUT2D eigenvalue weighted by atomic mass is 35.5. The zero-order chi connectivity index (χ0) is 13.7. The fourth-order valence-electron chi connectivity index (χ4n) is 2.29. The molecule has 1 saturated heterocycles. The van der Waals surface area contributed by atoms with Crippen LogP contribution in [0.5, 0.6) is 0 Å². The quantitative estimate of drug-likeness (QED) is 0.857. The number of benzene rings is 1. The van der Waals surface area contributed by atoms with Crippen molar-refractivity contribution in [3.63, 3.8) is 0 Å². The molecule has 1 fully saturated rings. The second-order valence-corrected chi connectivity index (χ2v) is 6.65. The third-order valence-corrected chi connectivity index (χ3v) is 5.28. The standard InChI is InChI=1S/C13H21N3O2S.ClH/c14-8-11-16(12-13-6-2-1-3-7-13)19(17,18)15-9-4-5-10-15;/h1-3,6-7H,4-5,8-12,14H2;1H. The van der Waals surface area contributed by atoms with Crippen molar-refractivity contribution in [2.24, 2.45) is 5.73 Å². The van der Waals surface area contributed by atoms with Gasteiger partial charge in [0.05, 0.1) is 0 Å². The molecule has 2 N–H and O–H groups in total. The minimum atomic E-state index is -3.37. The highest BCUT2D eigenvalue weighted by molar-refractivity contribution is 7.86. The molecule has 0 unspecified atom stereocenters. The van der Waals surface area contributed by atoms with Crippen LogP contribution in [0.2, 0.25) is 0 Å². The van der Waals surface area contributed by atoms with E-state index in [9.17, 15) is 8.42 Å². The molecule has 114 valence electrons. The Balaban J connectivity index is 0.00000200. The largest absolute Gasteiger partial charge is 0.329 e. The highest BCUT2D eigenvalue weighted by Crippen LogP contribution is 2.18. The maximum absolute atomic E-state index is 12.5. The summed E-state index contributed by atoms with van der Waals surface area (Å²) in [5, 5.41) is 0. The molecule has 0 aliphatic carbocycles. The van der Waals surface area contributed by atoms with Crippen LogP contribution in [0, 0.1) is 0 Å². The Labute approximate surface area is 127 Å². The minimum Gasteiger partial charge on any atom is -0.329 e.